The van der Waals surface area contributed by atoms with Crippen LogP contribution in [0.2, 0.25) is 5.02 Å². The van der Waals surface area contributed by atoms with Gasteiger partial charge in [-0.1, -0.05) is 17.7 Å². The van der Waals surface area contributed by atoms with E-state index < -0.39 is 17.4 Å². The fourth-order valence-corrected chi connectivity index (χ4v) is 1.85. The van der Waals surface area contributed by atoms with Crippen LogP contribution in [0.1, 0.15) is 11.1 Å². The molecule has 0 aromatic heterocycles. The van der Waals surface area contributed by atoms with Gasteiger partial charge in [0.25, 0.3) is 0 Å². The minimum absolute atomic E-state index is 0.0704. The molecule has 0 heterocycles. The van der Waals surface area contributed by atoms with Gasteiger partial charge in [0.15, 0.2) is 17.4 Å². The molecule has 102 valence electrons. The third-order valence-corrected chi connectivity index (χ3v) is 2.79. The lowest BCUT2D eigenvalue weighted by Gasteiger charge is -2.10. The Balaban J connectivity index is 2.45. The van der Waals surface area contributed by atoms with Gasteiger partial charge >= 0.3 is 0 Å². The van der Waals surface area contributed by atoms with Gasteiger partial charge in [-0.05, 0) is 24.3 Å². The zero-order valence-electron chi connectivity index (χ0n) is 10.2. The predicted molar refractivity (Wildman–Crippen MR) is 70.5 cm³/mol. The second-order valence-electron chi connectivity index (χ2n) is 3.94. The average molecular weight is 295 g/mol. The van der Waals surface area contributed by atoms with Gasteiger partial charge in [0, 0.05) is 17.1 Å². The number of nitrogens with zero attached hydrogens (tertiary/aromatic N) is 1. The lowest BCUT2D eigenvalue weighted by molar-refractivity contribution is 0.404. The summed E-state index contributed by atoms with van der Waals surface area (Å²) in [7, 11) is 0. The van der Waals surface area contributed by atoms with Crippen LogP contribution in [0.3, 0.4) is 0 Å². The van der Waals surface area contributed by atoms with E-state index in [1.807, 2.05) is 6.07 Å². The molecular formula is C14H9ClF2N2O. The lowest BCUT2D eigenvalue weighted by atomic mass is 10.2. The normalized spacial score (nSPS) is 10.2. The monoisotopic (exact) mass is 294 g/mol. The first-order chi connectivity index (χ1) is 9.55. The van der Waals surface area contributed by atoms with Crippen molar-refractivity contribution in [3.8, 4) is 17.6 Å². The Bertz CT molecular complexity index is 698. The molecule has 6 heteroatoms. The molecule has 0 bridgehead atoms. The van der Waals surface area contributed by atoms with Gasteiger partial charge in [0.2, 0.25) is 0 Å². The summed E-state index contributed by atoms with van der Waals surface area (Å²) in [6, 6.07) is 8.29. The quantitative estimate of drug-likeness (QED) is 0.938. The molecule has 0 aliphatic carbocycles. The third kappa shape index (κ3) is 2.87. The van der Waals surface area contributed by atoms with Gasteiger partial charge < -0.3 is 10.5 Å². The molecule has 2 aromatic rings. The molecule has 0 atom stereocenters. The topological polar surface area (TPSA) is 59.0 Å². The van der Waals surface area contributed by atoms with Gasteiger partial charge in [-0.25, -0.2) is 8.78 Å². The average Bonchev–Trinajstić information content (AvgIpc) is 2.43. The number of rotatable bonds is 3. The summed E-state index contributed by atoms with van der Waals surface area (Å²) >= 11 is 5.79. The van der Waals surface area contributed by atoms with Crippen molar-refractivity contribution in [2.75, 3.05) is 0 Å². The van der Waals surface area contributed by atoms with Gasteiger partial charge in [0.1, 0.15) is 5.75 Å². The van der Waals surface area contributed by atoms with E-state index >= 15 is 0 Å². The summed E-state index contributed by atoms with van der Waals surface area (Å²) in [4.78, 5) is 0. The van der Waals surface area contributed by atoms with Crippen LogP contribution < -0.4 is 10.5 Å². The zero-order chi connectivity index (χ0) is 14.7. The van der Waals surface area contributed by atoms with Crippen LogP contribution in [-0.2, 0) is 6.54 Å². The van der Waals surface area contributed by atoms with Gasteiger partial charge in [0.05, 0.1) is 11.6 Å². The Labute approximate surface area is 119 Å². The summed E-state index contributed by atoms with van der Waals surface area (Å²) in [5.74, 6) is -2.23. The second kappa shape index (κ2) is 5.87. The first-order valence-corrected chi connectivity index (χ1v) is 5.98. The summed E-state index contributed by atoms with van der Waals surface area (Å²) in [6.45, 7) is -0.0819. The summed E-state index contributed by atoms with van der Waals surface area (Å²) in [6.07, 6.45) is 0. The highest BCUT2D eigenvalue weighted by Crippen LogP contribution is 2.31. The van der Waals surface area contributed by atoms with E-state index in [1.165, 1.54) is 24.3 Å². The molecule has 0 spiro atoms. The summed E-state index contributed by atoms with van der Waals surface area (Å²) in [5, 5.41) is 9.05. The van der Waals surface area contributed by atoms with Crippen molar-refractivity contribution in [3.63, 3.8) is 0 Å². The van der Waals surface area contributed by atoms with Crippen molar-refractivity contribution in [1.82, 2.24) is 0 Å². The van der Waals surface area contributed by atoms with Crippen LogP contribution in [0.15, 0.2) is 30.3 Å². The minimum Gasteiger partial charge on any atom is -0.451 e. The largest absolute Gasteiger partial charge is 0.451 e. The number of halogens is 3. The van der Waals surface area contributed by atoms with Crippen molar-refractivity contribution in [3.05, 3.63) is 58.1 Å². The number of ether oxygens (including phenoxy) is 1. The highest BCUT2D eigenvalue weighted by atomic mass is 35.5. The minimum atomic E-state index is -0.869. The van der Waals surface area contributed by atoms with Crippen LogP contribution in [0, 0.1) is 23.0 Å². The Kier molecular flexibility index (Phi) is 4.18. The van der Waals surface area contributed by atoms with Gasteiger partial charge in [-0.2, -0.15) is 5.26 Å². The van der Waals surface area contributed by atoms with E-state index in [1.54, 1.807) is 0 Å². The number of nitrogens with two attached hydrogens (primary N) is 1. The van der Waals surface area contributed by atoms with Crippen LogP contribution in [0.4, 0.5) is 8.78 Å². The second-order valence-corrected chi connectivity index (χ2v) is 4.38. The van der Waals surface area contributed by atoms with E-state index in [-0.39, 0.29) is 28.4 Å². The maximum Gasteiger partial charge on any atom is 0.198 e. The smallest absolute Gasteiger partial charge is 0.198 e. The fourth-order valence-electron chi connectivity index (χ4n) is 1.63. The van der Waals surface area contributed by atoms with Gasteiger partial charge in [-0.3, -0.25) is 0 Å². The Morgan fingerprint density at radius 3 is 2.65 bits per heavy atom. The van der Waals surface area contributed by atoms with Crippen LogP contribution in [0.25, 0.3) is 0 Å². The number of hydrogen-bond donors (Lipinski definition) is 1. The molecule has 0 aliphatic heterocycles. The van der Waals surface area contributed by atoms with Crippen molar-refractivity contribution in [2.45, 2.75) is 6.54 Å². The third-order valence-electron chi connectivity index (χ3n) is 2.57. The van der Waals surface area contributed by atoms with E-state index in [4.69, 9.17) is 27.3 Å². The molecule has 0 unspecified atom stereocenters. The van der Waals surface area contributed by atoms with Gasteiger partial charge in [-0.15, -0.1) is 0 Å². The van der Waals surface area contributed by atoms with E-state index in [0.717, 1.165) is 6.07 Å². The number of hydrogen-bond acceptors (Lipinski definition) is 3. The maximum atomic E-state index is 14.0. The fraction of sp³-hybridized carbons (Fsp3) is 0.0714. The van der Waals surface area contributed by atoms with Crippen molar-refractivity contribution < 1.29 is 13.5 Å². The molecule has 20 heavy (non-hydrogen) atoms. The van der Waals surface area contributed by atoms with Crippen molar-refractivity contribution in [2.24, 2.45) is 5.73 Å². The molecule has 0 fully saturated rings. The highest BCUT2D eigenvalue weighted by molar-refractivity contribution is 6.30. The number of nitriles is 1. The maximum absolute atomic E-state index is 14.0. The van der Waals surface area contributed by atoms with Crippen LogP contribution >= 0.6 is 11.6 Å². The van der Waals surface area contributed by atoms with Crippen LogP contribution in [-0.4, -0.2) is 0 Å². The first-order valence-electron chi connectivity index (χ1n) is 5.60. The van der Waals surface area contributed by atoms with E-state index in [9.17, 15) is 8.78 Å². The summed E-state index contributed by atoms with van der Waals surface area (Å²) < 4.78 is 32.8. The summed E-state index contributed by atoms with van der Waals surface area (Å²) in [5.41, 5.74) is 5.70. The number of benzene rings is 2. The highest BCUT2D eigenvalue weighted by Gasteiger charge is 2.15. The van der Waals surface area contributed by atoms with E-state index in [0.29, 0.717) is 0 Å². The Morgan fingerprint density at radius 2 is 2.00 bits per heavy atom. The zero-order valence-corrected chi connectivity index (χ0v) is 10.9. The molecule has 0 amide bonds. The predicted octanol–water partition coefficient (Wildman–Crippen LogP) is 3.74. The van der Waals surface area contributed by atoms with Crippen molar-refractivity contribution in [1.29, 1.82) is 5.26 Å². The molecule has 3 nitrogen and oxygen atoms in total. The standard InChI is InChI=1S/C14H9ClF2N2O/c15-10-3-8(6-18)4-11(5-10)20-14-12(16)2-1-9(7-19)13(14)17/h1-5H,7,19H2. The first kappa shape index (κ1) is 14.3. The molecule has 2 aromatic carbocycles. The lowest BCUT2D eigenvalue weighted by Crippen LogP contribution is -2.03. The Hall–Kier alpha value is -2.16. The molecule has 0 saturated heterocycles. The Morgan fingerprint density at radius 1 is 1.25 bits per heavy atom. The SMILES string of the molecule is N#Cc1cc(Cl)cc(Oc2c(F)ccc(CN)c2F)c1. The molecule has 2 N–H and O–H groups in total. The molecule has 0 aliphatic rings. The molecule has 0 radical (unpaired) electrons. The molecular weight excluding hydrogens is 286 g/mol. The molecule has 2 rings (SSSR count). The van der Waals surface area contributed by atoms with E-state index in [2.05, 4.69) is 0 Å². The van der Waals surface area contributed by atoms with Crippen LogP contribution in [0.5, 0.6) is 11.5 Å². The molecule has 0 saturated carbocycles. The van der Waals surface area contributed by atoms with Crippen molar-refractivity contribution >= 4 is 11.6 Å².